The first-order valence-electron chi connectivity index (χ1n) is 14.6. The average Bonchev–Trinajstić information content (AvgIpc) is 3.49. The number of methoxy groups -OCH3 is 1. The van der Waals surface area contributed by atoms with E-state index >= 15 is 0 Å². The minimum Gasteiger partial charge on any atom is -0.493 e. The summed E-state index contributed by atoms with van der Waals surface area (Å²) in [5, 5.41) is 0. The van der Waals surface area contributed by atoms with Crippen molar-refractivity contribution in [1.82, 2.24) is 4.57 Å². The summed E-state index contributed by atoms with van der Waals surface area (Å²) in [5.41, 5.74) is 3.35. The molecule has 0 bridgehead atoms. The third-order valence-corrected chi connectivity index (χ3v) is 9.99. The minimum absolute atomic E-state index is 0.141. The van der Waals surface area contributed by atoms with Gasteiger partial charge >= 0.3 is 5.97 Å². The van der Waals surface area contributed by atoms with E-state index in [2.05, 4.69) is 31.9 Å². The van der Waals surface area contributed by atoms with Gasteiger partial charge in [-0.2, -0.15) is 0 Å². The van der Waals surface area contributed by atoms with Gasteiger partial charge in [-0.3, -0.25) is 14.2 Å². The fraction of sp³-hybridized carbons (Fsp3) is 0.235. The number of amides is 1. The molecule has 0 unspecified atom stereocenters. The van der Waals surface area contributed by atoms with Crippen molar-refractivity contribution in [3.05, 3.63) is 117 Å². The number of thiazole rings is 1. The van der Waals surface area contributed by atoms with Crippen molar-refractivity contribution in [2.75, 3.05) is 25.2 Å². The highest BCUT2D eigenvalue weighted by atomic mass is 79.9. The maximum absolute atomic E-state index is 14.6. The van der Waals surface area contributed by atoms with Crippen molar-refractivity contribution in [3.63, 3.8) is 0 Å². The zero-order valence-corrected chi connectivity index (χ0v) is 29.4. The third kappa shape index (κ3) is 5.52. The highest BCUT2D eigenvalue weighted by Gasteiger charge is 2.38. The van der Waals surface area contributed by atoms with Crippen molar-refractivity contribution in [2.24, 2.45) is 4.99 Å². The summed E-state index contributed by atoms with van der Waals surface area (Å²) < 4.78 is 19.9. The molecular weight excluding hydrogens is 738 g/mol. The van der Waals surface area contributed by atoms with Crippen molar-refractivity contribution in [1.29, 1.82) is 0 Å². The Kier molecular flexibility index (Phi) is 9.04. The van der Waals surface area contributed by atoms with Gasteiger partial charge in [-0.15, -0.1) is 0 Å². The van der Waals surface area contributed by atoms with Crippen LogP contribution in [-0.4, -0.2) is 36.8 Å². The Labute approximate surface area is 285 Å². The van der Waals surface area contributed by atoms with E-state index in [1.165, 1.54) is 4.57 Å². The Morgan fingerprint density at radius 1 is 1.00 bits per heavy atom. The maximum Gasteiger partial charge on any atom is 0.338 e. The van der Waals surface area contributed by atoms with Gasteiger partial charge in [0, 0.05) is 14.5 Å². The molecule has 0 aliphatic carbocycles. The van der Waals surface area contributed by atoms with Crippen molar-refractivity contribution in [3.8, 4) is 11.5 Å². The molecule has 9 nitrogen and oxygen atoms in total. The van der Waals surface area contributed by atoms with Crippen LogP contribution in [0.3, 0.4) is 0 Å². The number of anilines is 1. The lowest BCUT2D eigenvalue weighted by atomic mass is 9.95. The Balaban J connectivity index is 1.62. The number of fused-ring (bicyclic) bond motifs is 2. The Morgan fingerprint density at radius 2 is 1.76 bits per heavy atom. The number of benzene rings is 3. The largest absolute Gasteiger partial charge is 0.493 e. The molecule has 0 spiro atoms. The lowest BCUT2D eigenvalue weighted by molar-refractivity contribution is -0.139. The van der Waals surface area contributed by atoms with Crippen LogP contribution in [0.5, 0.6) is 11.5 Å². The number of ether oxygens (including phenoxy) is 3. The summed E-state index contributed by atoms with van der Waals surface area (Å²) in [6.07, 6.45) is 0. The maximum atomic E-state index is 14.6. The average molecular weight is 767 g/mol. The van der Waals surface area contributed by atoms with Gasteiger partial charge in [-0.25, -0.2) is 9.79 Å². The SMILES string of the molecule is CCOC(=O)C1=C(C)N=c2s/c(=C3\C(=O)N(Cc4ccccc4)c4ccc(Br)cc43)c(=O)n2[C@@H]1c1cc(OCC)c(OC)cc1Br. The summed E-state index contributed by atoms with van der Waals surface area (Å²) in [6, 6.07) is 17.9. The molecule has 0 N–H and O–H groups in total. The number of allylic oxidation sites excluding steroid dienone is 1. The van der Waals surface area contributed by atoms with Crippen LogP contribution in [0.15, 0.2) is 90.7 Å². The topological polar surface area (TPSA) is 99.4 Å². The van der Waals surface area contributed by atoms with E-state index in [0.717, 1.165) is 21.4 Å². The van der Waals surface area contributed by atoms with Crippen LogP contribution in [0.25, 0.3) is 5.57 Å². The molecule has 0 radical (unpaired) electrons. The number of halogens is 2. The van der Waals surface area contributed by atoms with E-state index in [-0.39, 0.29) is 28.2 Å². The highest BCUT2D eigenvalue weighted by Crippen LogP contribution is 2.42. The lowest BCUT2D eigenvalue weighted by Crippen LogP contribution is -2.41. The summed E-state index contributed by atoms with van der Waals surface area (Å²) in [6.45, 7) is 6.15. The van der Waals surface area contributed by atoms with Gasteiger partial charge in [-0.1, -0.05) is 73.5 Å². The lowest BCUT2D eigenvalue weighted by Gasteiger charge is -2.26. The van der Waals surface area contributed by atoms with Crippen LogP contribution in [0.1, 0.15) is 43.5 Å². The second-order valence-electron chi connectivity index (χ2n) is 10.5. The molecule has 0 fully saturated rings. The molecule has 12 heteroatoms. The molecule has 6 rings (SSSR count). The second-order valence-corrected chi connectivity index (χ2v) is 13.2. The van der Waals surface area contributed by atoms with E-state index < -0.39 is 17.6 Å². The number of esters is 1. The van der Waals surface area contributed by atoms with Gasteiger partial charge in [0.05, 0.1) is 55.4 Å². The smallest absolute Gasteiger partial charge is 0.338 e. The zero-order valence-electron chi connectivity index (χ0n) is 25.4. The number of carbonyl (C=O) groups is 2. The van der Waals surface area contributed by atoms with Crippen molar-refractivity contribution >= 4 is 66.3 Å². The van der Waals surface area contributed by atoms with Crippen LogP contribution in [-0.2, 0) is 20.9 Å². The molecule has 1 aromatic heterocycles. The van der Waals surface area contributed by atoms with E-state index in [4.69, 9.17) is 19.2 Å². The zero-order chi connectivity index (χ0) is 32.7. The van der Waals surface area contributed by atoms with Crippen LogP contribution in [0.4, 0.5) is 5.69 Å². The van der Waals surface area contributed by atoms with Crippen molar-refractivity contribution < 1.29 is 23.8 Å². The van der Waals surface area contributed by atoms with Gasteiger partial charge in [-0.05, 0) is 62.2 Å². The molecule has 236 valence electrons. The van der Waals surface area contributed by atoms with Gasteiger partial charge in [0.2, 0.25) is 0 Å². The molecule has 2 aliphatic rings. The van der Waals surface area contributed by atoms with Crippen LogP contribution < -0.4 is 29.3 Å². The first-order chi connectivity index (χ1) is 22.2. The molecule has 3 aromatic carbocycles. The number of carbonyl (C=O) groups excluding carboxylic acids is 2. The van der Waals surface area contributed by atoms with E-state index in [0.29, 0.717) is 56.4 Å². The molecule has 4 aromatic rings. The van der Waals surface area contributed by atoms with Crippen LogP contribution >= 0.6 is 43.2 Å². The molecule has 0 saturated heterocycles. The van der Waals surface area contributed by atoms with Gasteiger partial charge in [0.1, 0.15) is 4.53 Å². The first kappa shape index (κ1) is 32.0. The highest BCUT2D eigenvalue weighted by molar-refractivity contribution is 9.10. The number of hydrogen-bond acceptors (Lipinski definition) is 8. The Bertz CT molecular complexity index is 2110. The normalized spacial score (nSPS) is 16.6. The summed E-state index contributed by atoms with van der Waals surface area (Å²) in [7, 11) is 1.54. The van der Waals surface area contributed by atoms with Crippen LogP contribution in [0, 0.1) is 0 Å². The van der Waals surface area contributed by atoms with E-state index in [9.17, 15) is 14.4 Å². The van der Waals surface area contributed by atoms with Gasteiger partial charge < -0.3 is 19.1 Å². The van der Waals surface area contributed by atoms with Gasteiger partial charge in [0.25, 0.3) is 11.5 Å². The van der Waals surface area contributed by atoms with Crippen LogP contribution in [0.2, 0.25) is 0 Å². The quantitative estimate of drug-likeness (QED) is 0.215. The van der Waals surface area contributed by atoms with Crippen molar-refractivity contribution in [2.45, 2.75) is 33.4 Å². The molecule has 1 amide bonds. The molecule has 2 aliphatic heterocycles. The molecule has 46 heavy (non-hydrogen) atoms. The number of rotatable bonds is 8. The summed E-state index contributed by atoms with van der Waals surface area (Å²) in [5.74, 6) is 0.0621. The second kappa shape index (κ2) is 13.0. The number of nitrogens with zero attached hydrogens (tertiary/aromatic N) is 3. The minimum atomic E-state index is -0.928. The summed E-state index contributed by atoms with van der Waals surface area (Å²) in [4.78, 5) is 49.1. The molecular formula is C34H29Br2N3O6S. The number of hydrogen-bond donors (Lipinski definition) is 0. The van der Waals surface area contributed by atoms with Gasteiger partial charge in [0.15, 0.2) is 16.3 Å². The third-order valence-electron chi connectivity index (χ3n) is 7.76. The molecule has 3 heterocycles. The summed E-state index contributed by atoms with van der Waals surface area (Å²) >= 11 is 8.32. The van der Waals surface area contributed by atoms with E-state index in [1.54, 1.807) is 38.0 Å². The predicted molar refractivity (Wildman–Crippen MR) is 183 cm³/mol. The standard InChI is InChI=1S/C34H29Br2N3O6S/c1-5-44-26-15-21(23(36)16-25(26)43-4)29-27(33(42)45-6-2)18(3)37-34-39(29)32(41)30(46-34)28-22-14-20(35)12-13-24(22)38(31(28)40)17-19-10-8-7-9-11-19/h7-16,29H,5-6,17H2,1-4H3/b30-28-/t29-/m1/s1. The fourth-order valence-corrected chi connectivity index (χ4v) is 7.81. The Morgan fingerprint density at radius 3 is 2.46 bits per heavy atom. The Hall–Kier alpha value is -4.00. The monoisotopic (exact) mass is 765 g/mol. The fourth-order valence-electron chi connectivity index (χ4n) is 5.77. The molecule has 1 atom stereocenters. The van der Waals surface area contributed by atoms with E-state index in [1.807, 2.05) is 55.5 Å². The number of aromatic nitrogens is 1. The first-order valence-corrected chi connectivity index (χ1v) is 17.0. The molecule has 0 saturated carbocycles. The predicted octanol–water partition coefficient (Wildman–Crippen LogP) is 5.65.